The van der Waals surface area contributed by atoms with Crippen LogP contribution in [0.4, 0.5) is 0 Å². The van der Waals surface area contributed by atoms with Crippen molar-refractivity contribution in [1.29, 1.82) is 0 Å². The van der Waals surface area contributed by atoms with Crippen LogP contribution < -0.4 is 11.1 Å². The largest absolute Gasteiger partial charge is 0.347 e. The van der Waals surface area contributed by atoms with Gasteiger partial charge in [0.1, 0.15) is 0 Å². The minimum absolute atomic E-state index is 0.0659. The van der Waals surface area contributed by atoms with E-state index in [2.05, 4.69) is 19.2 Å². The fourth-order valence-corrected chi connectivity index (χ4v) is 1.46. The van der Waals surface area contributed by atoms with E-state index in [4.69, 9.17) is 5.73 Å². The predicted molar refractivity (Wildman–Crippen MR) is 63.8 cm³/mol. The molecule has 0 heterocycles. The van der Waals surface area contributed by atoms with Crippen molar-refractivity contribution in [3.8, 4) is 0 Å². The number of rotatable bonds is 5. The van der Waals surface area contributed by atoms with Crippen LogP contribution in [0.3, 0.4) is 0 Å². The molecule has 0 fully saturated rings. The van der Waals surface area contributed by atoms with E-state index in [-0.39, 0.29) is 6.04 Å². The van der Waals surface area contributed by atoms with Gasteiger partial charge in [0.05, 0.1) is 0 Å². The zero-order valence-electron chi connectivity index (χ0n) is 10.6. The van der Waals surface area contributed by atoms with Crippen LogP contribution >= 0.6 is 0 Å². The summed E-state index contributed by atoms with van der Waals surface area (Å²) in [5.41, 5.74) is 5.24. The number of hydrogen-bond donors (Lipinski definition) is 2. The molecule has 5 heteroatoms. The summed E-state index contributed by atoms with van der Waals surface area (Å²) in [7, 11) is 1.65. The van der Waals surface area contributed by atoms with E-state index in [9.17, 15) is 9.59 Å². The molecule has 16 heavy (non-hydrogen) atoms. The van der Waals surface area contributed by atoms with Gasteiger partial charge in [-0.05, 0) is 19.3 Å². The van der Waals surface area contributed by atoms with Crippen molar-refractivity contribution in [3.05, 3.63) is 0 Å². The Labute approximate surface area is 97.4 Å². The molecule has 0 rings (SSSR count). The molecule has 94 valence electrons. The molecule has 0 aliphatic heterocycles. The van der Waals surface area contributed by atoms with Gasteiger partial charge in [-0.2, -0.15) is 0 Å². The Morgan fingerprint density at radius 3 is 2.31 bits per heavy atom. The first-order valence-electron chi connectivity index (χ1n) is 5.65. The molecule has 0 radical (unpaired) electrons. The maximum Gasteiger partial charge on any atom is 0.311 e. The van der Waals surface area contributed by atoms with E-state index in [0.29, 0.717) is 19.0 Å². The Kier molecular flexibility index (Phi) is 6.72. The molecule has 0 aromatic carbocycles. The highest BCUT2D eigenvalue weighted by Gasteiger charge is 2.22. The van der Waals surface area contributed by atoms with Crippen molar-refractivity contribution in [3.63, 3.8) is 0 Å². The Hall–Kier alpha value is -1.10. The van der Waals surface area contributed by atoms with Crippen LogP contribution in [-0.2, 0) is 9.59 Å². The summed E-state index contributed by atoms with van der Waals surface area (Å²) in [6, 6.07) is 0.0659. The topological polar surface area (TPSA) is 75.4 Å². The van der Waals surface area contributed by atoms with Crippen LogP contribution in [0.2, 0.25) is 0 Å². The molecule has 0 aromatic rings. The highest BCUT2D eigenvalue weighted by atomic mass is 16.2. The Balaban J connectivity index is 4.20. The maximum atomic E-state index is 11.6. The van der Waals surface area contributed by atoms with Crippen molar-refractivity contribution in [2.75, 3.05) is 20.1 Å². The van der Waals surface area contributed by atoms with Crippen LogP contribution in [0.15, 0.2) is 0 Å². The van der Waals surface area contributed by atoms with Gasteiger partial charge in [-0.3, -0.25) is 9.59 Å². The maximum absolute atomic E-state index is 11.6. The first kappa shape index (κ1) is 14.9. The third kappa shape index (κ3) is 5.11. The van der Waals surface area contributed by atoms with E-state index in [1.807, 2.05) is 6.92 Å². The van der Waals surface area contributed by atoms with Gasteiger partial charge in [-0.25, -0.2) is 0 Å². The minimum atomic E-state index is -0.580. The van der Waals surface area contributed by atoms with Gasteiger partial charge in [0.15, 0.2) is 0 Å². The number of likely N-dealkylation sites (N-methyl/N-ethyl adjacent to an activating group) is 1. The molecule has 3 N–H and O–H groups in total. The van der Waals surface area contributed by atoms with Crippen LogP contribution in [0.1, 0.15) is 27.2 Å². The lowest BCUT2D eigenvalue weighted by atomic mass is 10.0. The second-order valence-corrected chi connectivity index (χ2v) is 4.44. The molecule has 5 nitrogen and oxygen atoms in total. The monoisotopic (exact) mass is 229 g/mol. The number of carbonyl (C=O) groups excluding carboxylic acids is 2. The SMILES string of the molecule is CC(C)CC(C)N(C)C(=O)C(=O)NCCN. The normalized spacial score (nSPS) is 12.4. The molecule has 0 aliphatic rings. The molecular formula is C11H23N3O2. The van der Waals surface area contributed by atoms with E-state index in [1.54, 1.807) is 7.05 Å². The highest BCUT2D eigenvalue weighted by Crippen LogP contribution is 2.09. The van der Waals surface area contributed by atoms with E-state index in [0.717, 1.165) is 6.42 Å². The highest BCUT2D eigenvalue weighted by molar-refractivity contribution is 6.34. The number of nitrogens with zero attached hydrogens (tertiary/aromatic N) is 1. The smallest absolute Gasteiger partial charge is 0.311 e. The quantitative estimate of drug-likeness (QED) is 0.649. The summed E-state index contributed by atoms with van der Waals surface area (Å²) in [6.07, 6.45) is 0.881. The van der Waals surface area contributed by atoms with Gasteiger partial charge in [0, 0.05) is 26.2 Å². The van der Waals surface area contributed by atoms with Crippen LogP contribution in [0.5, 0.6) is 0 Å². The Bertz CT molecular complexity index is 241. The molecule has 2 amide bonds. The molecule has 0 aliphatic carbocycles. The van der Waals surface area contributed by atoms with E-state index < -0.39 is 11.8 Å². The number of nitrogens with one attached hydrogen (secondary N) is 1. The summed E-state index contributed by atoms with van der Waals surface area (Å²) in [4.78, 5) is 24.5. The minimum Gasteiger partial charge on any atom is -0.347 e. The Morgan fingerprint density at radius 1 is 1.31 bits per heavy atom. The zero-order valence-corrected chi connectivity index (χ0v) is 10.6. The second kappa shape index (κ2) is 7.22. The van der Waals surface area contributed by atoms with Crippen molar-refractivity contribution >= 4 is 11.8 Å². The molecule has 0 bridgehead atoms. The summed E-state index contributed by atoms with van der Waals surface area (Å²) in [5.74, 6) is -0.581. The van der Waals surface area contributed by atoms with Crippen molar-refractivity contribution in [1.82, 2.24) is 10.2 Å². The van der Waals surface area contributed by atoms with Gasteiger partial charge in [-0.15, -0.1) is 0 Å². The van der Waals surface area contributed by atoms with Gasteiger partial charge in [-0.1, -0.05) is 13.8 Å². The molecular weight excluding hydrogens is 206 g/mol. The lowest BCUT2D eigenvalue weighted by Gasteiger charge is -2.25. The van der Waals surface area contributed by atoms with Gasteiger partial charge < -0.3 is 16.0 Å². The lowest BCUT2D eigenvalue weighted by Crippen LogP contribution is -2.46. The fraction of sp³-hybridized carbons (Fsp3) is 0.818. The van der Waals surface area contributed by atoms with E-state index in [1.165, 1.54) is 4.90 Å². The Morgan fingerprint density at radius 2 is 1.88 bits per heavy atom. The summed E-state index contributed by atoms with van der Waals surface area (Å²) in [5, 5.41) is 2.47. The van der Waals surface area contributed by atoms with Gasteiger partial charge in [0.25, 0.3) is 0 Å². The van der Waals surface area contributed by atoms with Gasteiger partial charge >= 0.3 is 11.8 Å². The molecule has 0 spiro atoms. The van der Waals surface area contributed by atoms with Crippen LogP contribution in [-0.4, -0.2) is 42.9 Å². The first-order valence-corrected chi connectivity index (χ1v) is 5.65. The van der Waals surface area contributed by atoms with E-state index >= 15 is 0 Å². The van der Waals surface area contributed by atoms with Gasteiger partial charge in [0.2, 0.25) is 0 Å². The summed E-state index contributed by atoms with van der Waals surface area (Å²) in [6.45, 7) is 6.78. The second-order valence-electron chi connectivity index (χ2n) is 4.44. The predicted octanol–water partition coefficient (Wildman–Crippen LogP) is -0.0457. The summed E-state index contributed by atoms with van der Waals surface area (Å²) < 4.78 is 0. The molecule has 0 saturated carbocycles. The van der Waals surface area contributed by atoms with Crippen molar-refractivity contribution in [2.45, 2.75) is 33.2 Å². The average Bonchev–Trinajstić information content (AvgIpc) is 2.22. The third-order valence-corrected chi connectivity index (χ3v) is 2.42. The molecule has 0 saturated heterocycles. The number of nitrogens with two attached hydrogens (primary N) is 1. The third-order valence-electron chi connectivity index (χ3n) is 2.42. The fourth-order valence-electron chi connectivity index (χ4n) is 1.46. The van der Waals surface area contributed by atoms with Crippen LogP contribution in [0.25, 0.3) is 0 Å². The summed E-state index contributed by atoms with van der Waals surface area (Å²) >= 11 is 0. The number of carbonyl (C=O) groups is 2. The average molecular weight is 229 g/mol. The molecule has 1 atom stereocenters. The van der Waals surface area contributed by atoms with Crippen molar-refractivity contribution in [2.24, 2.45) is 11.7 Å². The van der Waals surface area contributed by atoms with Crippen molar-refractivity contribution < 1.29 is 9.59 Å². The number of hydrogen-bond acceptors (Lipinski definition) is 3. The molecule has 0 aromatic heterocycles. The number of amides is 2. The molecule has 1 unspecified atom stereocenters. The lowest BCUT2D eigenvalue weighted by molar-refractivity contribution is -0.146. The zero-order chi connectivity index (χ0) is 12.7. The first-order chi connectivity index (χ1) is 7.40. The standard InChI is InChI=1S/C11H23N3O2/c1-8(2)7-9(3)14(4)11(16)10(15)13-6-5-12/h8-9H,5-7,12H2,1-4H3,(H,13,15). The van der Waals surface area contributed by atoms with Crippen LogP contribution in [0, 0.1) is 5.92 Å².